The molecule has 0 atom stereocenters. The molecule has 3 aromatic rings. The molecule has 0 aliphatic heterocycles. The molecule has 3 rings (SSSR count). The summed E-state index contributed by atoms with van der Waals surface area (Å²) in [6.07, 6.45) is 4.75. The van der Waals surface area contributed by atoms with Gasteiger partial charge in [0.15, 0.2) is 11.2 Å². The molecule has 0 saturated heterocycles. The van der Waals surface area contributed by atoms with Gasteiger partial charge in [0, 0.05) is 39.6 Å². The van der Waals surface area contributed by atoms with Crippen molar-refractivity contribution in [1.29, 1.82) is 0 Å². The second-order valence-corrected chi connectivity index (χ2v) is 9.23. The molecule has 3 heterocycles. The van der Waals surface area contributed by atoms with E-state index in [0.717, 1.165) is 10.1 Å². The van der Waals surface area contributed by atoms with Crippen LogP contribution >= 0.6 is 0 Å². The molecule has 2 amide bonds. The van der Waals surface area contributed by atoms with Crippen LogP contribution in [-0.2, 0) is 36.7 Å². The lowest BCUT2D eigenvalue weighted by Gasteiger charge is -2.27. The van der Waals surface area contributed by atoms with Gasteiger partial charge in [-0.15, -0.1) is 0 Å². The van der Waals surface area contributed by atoms with Gasteiger partial charge in [-0.3, -0.25) is 19.1 Å². The molecule has 0 bridgehead atoms. The van der Waals surface area contributed by atoms with E-state index in [1.165, 1.54) is 22.5 Å². The Balaban J connectivity index is 1.61. The van der Waals surface area contributed by atoms with Gasteiger partial charge in [-0.05, 0) is 38.8 Å². The fraction of sp³-hybridized carbons (Fsp3) is 0.478. The Labute approximate surface area is 202 Å². The number of ether oxygens (including phenoxy) is 1. The molecule has 0 unspecified atom stereocenters. The van der Waals surface area contributed by atoms with Crippen molar-refractivity contribution in [3.8, 4) is 0 Å². The molecule has 0 aliphatic carbocycles. The Morgan fingerprint density at radius 1 is 1.20 bits per heavy atom. The van der Waals surface area contributed by atoms with Crippen molar-refractivity contribution in [2.75, 3.05) is 13.1 Å². The Hall–Kier alpha value is -3.96. The third-order valence-corrected chi connectivity index (χ3v) is 5.18. The number of nitrogens with zero attached hydrogens (tertiary/aromatic N) is 6. The van der Waals surface area contributed by atoms with Gasteiger partial charge in [0.2, 0.25) is 5.91 Å². The van der Waals surface area contributed by atoms with E-state index in [2.05, 4.69) is 15.3 Å². The van der Waals surface area contributed by atoms with Gasteiger partial charge in [-0.25, -0.2) is 19.1 Å². The first-order valence-electron chi connectivity index (χ1n) is 11.2. The highest BCUT2D eigenvalue weighted by Gasteiger charge is 2.22. The molecule has 0 saturated carbocycles. The highest BCUT2D eigenvalue weighted by Crippen LogP contribution is 2.13. The highest BCUT2D eigenvalue weighted by molar-refractivity contribution is 5.76. The van der Waals surface area contributed by atoms with E-state index in [1.807, 2.05) is 6.07 Å². The van der Waals surface area contributed by atoms with Crippen molar-refractivity contribution in [1.82, 2.24) is 33.9 Å². The summed E-state index contributed by atoms with van der Waals surface area (Å²) in [6, 6.07) is 3.65. The van der Waals surface area contributed by atoms with Crippen LogP contribution in [0.15, 0.2) is 40.4 Å². The van der Waals surface area contributed by atoms with Crippen LogP contribution in [0.5, 0.6) is 0 Å². The van der Waals surface area contributed by atoms with E-state index < -0.39 is 35.4 Å². The minimum atomic E-state index is -0.646. The lowest BCUT2D eigenvalue weighted by Crippen LogP contribution is -2.44. The van der Waals surface area contributed by atoms with Crippen molar-refractivity contribution in [2.24, 2.45) is 14.1 Å². The lowest BCUT2D eigenvalue weighted by molar-refractivity contribution is -0.121. The molecule has 12 nitrogen and oxygen atoms in total. The summed E-state index contributed by atoms with van der Waals surface area (Å²) in [5.74, 6) is -0.484. The van der Waals surface area contributed by atoms with Crippen LogP contribution in [0.3, 0.4) is 0 Å². The predicted molar refractivity (Wildman–Crippen MR) is 129 cm³/mol. The molecule has 0 aromatic carbocycles. The van der Waals surface area contributed by atoms with Gasteiger partial charge in [-0.1, -0.05) is 6.07 Å². The molecule has 0 aliphatic rings. The molecular weight excluding hydrogens is 454 g/mol. The smallest absolute Gasteiger partial charge is 0.410 e. The van der Waals surface area contributed by atoms with Crippen molar-refractivity contribution in [3.05, 3.63) is 57.3 Å². The van der Waals surface area contributed by atoms with Crippen molar-refractivity contribution < 1.29 is 14.3 Å². The number of rotatable bonds is 8. The number of carbonyl (C=O) groups is 2. The zero-order valence-corrected chi connectivity index (χ0v) is 20.6. The average molecular weight is 486 g/mol. The zero-order valence-electron chi connectivity index (χ0n) is 20.6. The lowest BCUT2D eigenvalue weighted by atomic mass is 10.2. The van der Waals surface area contributed by atoms with Crippen LogP contribution in [0, 0.1) is 0 Å². The molecule has 1 N–H and O–H groups in total. The van der Waals surface area contributed by atoms with Crippen LogP contribution < -0.4 is 16.6 Å². The number of pyridine rings is 1. The van der Waals surface area contributed by atoms with Crippen LogP contribution in [0.1, 0.15) is 32.8 Å². The maximum atomic E-state index is 12.7. The summed E-state index contributed by atoms with van der Waals surface area (Å²) in [6.45, 7) is 5.85. The van der Waals surface area contributed by atoms with E-state index in [-0.39, 0.29) is 17.7 Å². The molecule has 0 fully saturated rings. The van der Waals surface area contributed by atoms with Gasteiger partial charge in [-0.2, -0.15) is 0 Å². The SMILES string of the molecule is Cn1cnc2c1c(=O)n(CC(=O)NCCCN(Cc1cccnc1)C(=O)OC(C)(C)C)c(=O)n2C. The number of fused-ring (bicyclic) bond motifs is 1. The van der Waals surface area contributed by atoms with Crippen molar-refractivity contribution in [2.45, 2.75) is 45.9 Å². The third kappa shape index (κ3) is 6.34. The topological polar surface area (TPSA) is 133 Å². The number of aryl methyl sites for hydroxylation is 2. The fourth-order valence-electron chi connectivity index (χ4n) is 3.51. The normalized spacial score (nSPS) is 11.5. The number of imidazole rings is 1. The van der Waals surface area contributed by atoms with Crippen LogP contribution in [-0.4, -0.2) is 59.3 Å². The first-order valence-corrected chi connectivity index (χ1v) is 11.2. The Bertz CT molecular complexity index is 1320. The second kappa shape index (κ2) is 10.5. The monoisotopic (exact) mass is 485 g/mol. The van der Waals surface area contributed by atoms with E-state index in [0.29, 0.717) is 19.5 Å². The van der Waals surface area contributed by atoms with E-state index in [9.17, 15) is 19.2 Å². The number of amides is 2. The summed E-state index contributed by atoms with van der Waals surface area (Å²) >= 11 is 0. The fourth-order valence-corrected chi connectivity index (χ4v) is 3.51. The molecule has 35 heavy (non-hydrogen) atoms. The number of nitrogens with one attached hydrogen (secondary N) is 1. The van der Waals surface area contributed by atoms with E-state index >= 15 is 0 Å². The standard InChI is InChI=1S/C23H31N7O5/c1-23(2,3)35-22(34)29(13-16-8-6-9-24-12-16)11-7-10-25-17(31)14-30-20(32)18-19(26-15-27(18)4)28(5)21(30)33/h6,8-9,12,15H,7,10-11,13-14H2,1-5H3,(H,25,31). The minimum Gasteiger partial charge on any atom is -0.444 e. The van der Waals surface area contributed by atoms with Crippen LogP contribution in [0.2, 0.25) is 0 Å². The van der Waals surface area contributed by atoms with Crippen molar-refractivity contribution in [3.63, 3.8) is 0 Å². The maximum absolute atomic E-state index is 12.7. The highest BCUT2D eigenvalue weighted by atomic mass is 16.6. The van der Waals surface area contributed by atoms with E-state index in [1.54, 1.807) is 51.2 Å². The number of hydrogen-bond acceptors (Lipinski definition) is 7. The average Bonchev–Trinajstić information content (AvgIpc) is 3.18. The maximum Gasteiger partial charge on any atom is 0.410 e. The van der Waals surface area contributed by atoms with Gasteiger partial charge in [0.05, 0.1) is 12.9 Å². The number of carbonyl (C=O) groups excluding carboxylic acids is 2. The van der Waals surface area contributed by atoms with Crippen LogP contribution in [0.25, 0.3) is 11.2 Å². The summed E-state index contributed by atoms with van der Waals surface area (Å²) in [5.41, 5.74) is -0.497. The Kier molecular flexibility index (Phi) is 7.72. The zero-order chi connectivity index (χ0) is 25.8. The Morgan fingerprint density at radius 2 is 1.94 bits per heavy atom. The van der Waals surface area contributed by atoms with Crippen LogP contribution in [0.4, 0.5) is 4.79 Å². The first kappa shape index (κ1) is 25.7. The van der Waals surface area contributed by atoms with Crippen molar-refractivity contribution >= 4 is 23.2 Å². The molecular formula is C23H31N7O5. The first-order chi connectivity index (χ1) is 16.5. The molecule has 0 spiro atoms. The van der Waals surface area contributed by atoms with Gasteiger partial charge in [0.1, 0.15) is 12.1 Å². The van der Waals surface area contributed by atoms with E-state index in [4.69, 9.17) is 4.74 Å². The number of aromatic nitrogens is 5. The molecule has 0 radical (unpaired) electrons. The van der Waals surface area contributed by atoms with Gasteiger partial charge in [0.25, 0.3) is 5.56 Å². The summed E-state index contributed by atoms with van der Waals surface area (Å²) in [7, 11) is 3.15. The van der Waals surface area contributed by atoms with Gasteiger partial charge < -0.3 is 19.5 Å². The largest absolute Gasteiger partial charge is 0.444 e. The summed E-state index contributed by atoms with van der Waals surface area (Å²) in [4.78, 5) is 60.2. The summed E-state index contributed by atoms with van der Waals surface area (Å²) in [5, 5.41) is 2.71. The number of hydrogen-bond donors (Lipinski definition) is 1. The predicted octanol–water partition coefficient (Wildman–Crippen LogP) is 0.772. The third-order valence-electron chi connectivity index (χ3n) is 5.18. The minimum absolute atomic E-state index is 0.239. The second-order valence-electron chi connectivity index (χ2n) is 9.23. The molecule has 3 aromatic heterocycles. The molecule has 12 heteroatoms. The van der Waals surface area contributed by atoms with Gasteiger partial charge >= 0.3 is 11.8 Å². The molecule has 188 valence electrons. The Morgan fingerprint density at radius 3 is 2.60 bits per heavy atom. The summed E-state index contributed by atoms with van der Waals surface area (Å²) < 4.78 is 9.14. The quantitative estimate of drug-likeness (QED) is 0.466.